The molecule has 1 N–H and O–H groups in total. The summed E-state index contributed by atoms with van der Waals surface area (Å²) in [5.74, 6) is 0.233. The second-order valence-electron chi connectivity index (χ2n) is 6.08. The average Bonchev–Trinajstić information content (AvgIpc) is 2.42. The first-order chi connectivity index (χ1) is 9.33. The third-order valence-electron chi connectivity index (χ3n) is 4.75. The minimum Gasteiger partial charge on any atom is -0.350 e. The third-order valence-corrected chi connectivity index (χ3v) is 4.75. The van der Waals surface area contributed by atoms with Gasteiger partial charge in [0, 0.05) is 18.8 Å². The molecule has 2 unspecified atom stereocenters. The quantitative estimate of drug-likeness (QED) is 0.651. The number of nitrogens with one attached hydrogen (secondary N) is 1. The topological polar surface area (TPSA) is 46.2 Å². The van der Waals surface area contributed by atoms with Crippen LogP contribution in [-0.2, 0) is 9.59 Å². The SMILES string of the molecule is CCCCC(CCC)(NC(C)=O)C(C)(CC)C(=O)CC. The first kappa shape index (κ1) is 19.1. The Hall–Kier alpha value is -0.860. The largest absolute Gasteiger partial charge is 0.350 e. The Labute approximate surface area is 124 Å². The molecule has 0 spiro atoms. The molecule has 3 nitrogen and oxygen atoms in total. The van der Waals surface area contributed by atoms with E-state index in [1.165, 1.54) is 0 Å². The van der Waals surface area contributed by atoms with Gasteiger partial charge in [0.2, 0.25) is 5.91 Å². The van der Waals surface area contributed by atoms with Gasteiger partial charge < -0.3 is 5.32 Å². The van der Waals surface area contributed by atoms with Crippen LogP contribution in [0.3, 0.4) is 0 Å². The van der Waals surface area contributed by atoms with Gasteiger partial charge in [-0.05, 0) is 19.3 Å². The zero-order chi connectivity index (χ0) is 15.8. The average molecular weight is 283 g/mol. The fourth-order valence-electron chi connectivity index (χ4n) is 3.37. The van der Waals surface area contributed by atoms with Crippen LogP contribution in [0.4, 0.5) is 0 Å². The molecule has 3 heteroatoms. The lowest BCUT2D eigenvalue weighted by molar-refractivity contribution is -0.136. The van der Waals surface area contributed by atoms with E-state index in [1.54, 1.807) is 6.92 Å². The molecule has 118 valence electrons. The fraction of sp³-hybridized carbons (Fsp3) is 0.882. The molecule has 20 heavy (non-hydrogen) atoms. The van der Waals surface area contributed by atoms with Gasteiger partial charge >= 0.3 is 0 Å². The van der Waals surface area contributed by atoms with Gasteiger partial charge in [0.05, 0.1) is 5.54 Å². The summed E-state index contributed by atoms with van der Waals surface area (Å²) in [5.41, 5.74) is -0.871. The van der Waals surface area contributed by atoms with Crippen molar-refractivity contribution >= 4 is 11.7 Å². The van der Waals surface area contributed by atoms with Crippen LogP contribution < -0.4 is 5.32 Å². The maximum Gasteiger partial charge on any atom is 0.217 e. The Morgan fingerprint density at radius 3 is 1.95 bits per heavy atom. The number of Topliss-reactive ketones (excluding diaryl/α,β-unsaturated/α-hetero) is 1. The highest BCUT2D eigenvalue weighted by atomic mass is 16.1. The standard InChI is InChI=1S/C17H33NO2/c1-7-11-13-17(12-8-2,18-14(5)19)16(6,10-4)15(20)9-3/h7-13H2,1-6H3,(H,18,19). The number of hydrogen-bond donors (Lipinski definition) is 1. The zero-order valence-electron chi connectivity index (χ0n) is 14.3. The van der Waals surface area contributed by atoms with Crippen LogP contribution in [0.2, 0.25) is 0 Å². The number of hydrogen-bond acceptors (Lipinski definition) is 2. The lowest BCUT2D eigenvalue weighted by Crippen LogP contribution is -2.61. The molecule has 0 fully saturated rings. The fourth-order valence-corrected chi connectivity index (χ4v) is 3.37. The summed E-state index contributed by atoms with van der Waals surface area (Å²) in [7, 11) is 0. The van der Waals surface area contributed by atoms with Crippen molar-refractivity contribution in [3.8, 4) is 0 Å². The summed E-state index contributed by atoms with van der Waals surface area (Å²) in [5, 5.41) is 3.18. The summed E-state index contributed by atoms with van der Waals surface area (Å²) in [6.45, 7) is 11.8. The zero-order valence-corrected chi connectivity index (χ0v) is 14.3. The maximum atomic E-state index is 12.6. The molecule has 0 aliphatic heterocycles. The highest BCUT2D eigenvalue weighted by molar-refractivity contribution is 5.87. The highest BCUT2D eigenvalue weighted by Gasteiger charge is 2.50. The van der Waals surface area contributed by atoms with E-state index in [1.807, 2.05) is 13.8 Å². The van der Waals surface area contributed by atoms with Crippen molar-refractivity contribution in [1.29, 1.82) is 0 Å². The number of carbonyl (C=O) groups excluding carboxylic acids is 2. The van der Waals surface area contributed by atoms with Crippen molar-refractivity contribution in [3.05, 3.63) is 0 Å². The Morgan fingerprint density at radius 1 is 1.00 bits per heavy atom. The molecule has 0 aromatic carbocycles. The second kappa shape index (κ2) is 8.43. The van der Waals surface area contributed by atoms with E-state index < -0.39 is 11.0 Å². The molecule has 0 aromatic rings. The summed E-state index contributed by atoms with van der Waals surface area (Å²) < 4.78 is 0. The van der Waals surface area contributed by atoms with Crippen LogP contribution in [-0.4, -0.2) is 17.2 Å². The summed E-state index contributed by atoms with van der Waals surface area (Å²) >= 11 is 0. The van der Waals surface area contributed by atoms with E-state index in [4.69, 9.17) is 0 Å². The Bertz CT molecular complexity index is 327. The van der Waals surface area contributed by atoms with Crippen LogP contribution in [0.25, 0.3) is 0 Å². The minimum atomic E-state index is -0.474. The molecular weight excluding hydrogens is 250 g/mol. The molecule has 0 bridgehead atoms. The molecular formula is C17H33NO2. The summed E-state index contributed by atoms with van der Waals surface area (Å²) in [4.78, 5) is 24.3. The first-order valence-corrected chi connectivity index (χ1v) is 8.15. The molecule has 0 heterocycles. The lowest BCUT2D eigenvalue weighted by atomic mass is 9.61. The molecule has 0 aliphatic carbocycles. The maximum absolute atomic E-state index is 12.6. The van der Waals surface area contributed by atoms with Gasteiger partial charge in [-0.25, -0.2) is 0 Å². The van der Waals surface area contributed by atoms with E-state index in [0.29, 0.717) is 6.42 Å². The highest BCUT2D eigenvalue weighted by Crippen LogP contribution is 2.43. The second-order valence-corrected chi connectivity index (χ2v) is 6.08. The molecule has 0 saturated carbocycles. The molecule has 0 rings (SSSR count). The Kier molecular flexibility index (Phi) is 8.07. The molecule has 0 saturated heterocycles. The number of rotatable bonds is 10. The summed E-state index contributed by atoms with van der Waals surface area (Å²) in [6, 6.07) is 0. The van der Waals surface area contributed by atoms with Gasteiger partial charge in [0.25, 0.3) is 0 Å². The van der Waals surface area contributed by atoms with Crippen molar-refractivity contribution < 1.29 is 9.59 Å². The number of carbonyl (C=O) groups is 2. The van der Waals surface area contributed by atoms with E-state index in [0.717, 1.165) is 38.5 Å². The Morgan fingerprint density at radius 2 is 1.60 bits per heavy atom. The van der Waals surface area contributed by atoms with Gasteiger partial charge in [-0.3, -0.25) is 9.59 Å². The van der Waals surface area contributed by atoms with Gasteiger partial charge in [0.15, 0.2) is 0 Å². The minimum absolute atomic E-state index is 0.0295. The molecule has 0 radical (unpaired) electrons. The van der Waals surface area contributed by atoms with Gasteiger partial charge in [-0.1, -0.05) is 53.9 Å². The lowest BCUT2D eigenvalue weighted by Gasteiger charge is -2.48. The van der Waals surface area contributed by atoms with Crippen LogP contribution >= 0.6 is 0 Å². The van der Waals surface area contributed by atoms with Crippen LogP contribution in [0, 0.1) is 5.41 Å². The molecule has 1 amide bonds. The van der Waals surface area contributed by atoms with E-state index >= 15 is 0 Å². The van der Waals surface area contributed by atoms with Crippen molar-refractivity contribution in [2.24, 2.45) is 5.41 Å². The van der Waals surface area contributed by atoms with Crippen molar-refractivity contribution in [2.45, 2.75) is 92.0 Å². The van der Waals surface area contributed by atoms with Crippen molar-refractivity contribution in [1.82, 2.24) is 5.32 Å². The Balaban J connectivity index is 5.72. The van der Waals surface area contributed by atoms with E-state index in [9.17, 15) is 9.59 Å². The van der Waals surface area contributed by atoms with Crippen LogP contribution in [0.1, 0.15) is 86.5 Å². The molecule has 0 aliphatic rings. The molecule has 2 atom stereocenters. The van der Waals surface area contributed by atoms with Crippen LogP contribution in [0.5, 0.6) is 0 Å². The van der Waals surface area contributed by atoms with Crippen molar-refractivity contribution in [2.75, 3.05) is 0 Å². The predicted molar refractivity (Wildman–Crippen MR) is 84.7 cm³/mol. The normalized spacial score (nSPS) is 17.1. The summed E-state index contributed by atoms with van der Waals surface area (Å²) in [6.07, 6.45) is 6.12. The smallest absolute Gasteiger partial charge is 0.217 e. The van der Waals surface area contributed by atoms with Gasteiger partial charge in [-0.2, -0.15) is 0 Å². The van der Waals surface area contributed by atoms with Gasteiger partial charge in [-0.15, -0.1) is 0 Å². The van der Waals surface area contributed by atoms with Crippen LogP contribution in [0.15, 0.2) is 0 Å². The van der Waals surface area contributed by atoms with Crippen molar-refractivity contribution in [3.63, 3.8) is 0 Å². The predicted octanol–water partition coefficient (Wildman–Crippen LogP) is 4.25. The third kappa shape index (κ3) is 4.07. The molecule has 0 aromatic heterocycles. The van der Waals surface area contributed by atoms with Gasteiger partial charge in [0.1, 0.15) is 5.78 Å². The van der Waals surface area contributed by atoms with E-state index in [-0.39, 0.29) is 11.7 Å². The number of unbranched alkanes of at least 4 members (excludes halogenated alkanes) is 1. The first-order valence-electron chi connectivity index (χ1n) is 8.15. The monoisotopic (exact) mass is 283 g/mol. The number of ketones is 1. The number of amides is 1. The van der Waals surface area contributed by atoms with E-state index in [2.05, 4.69) is 26.1 Å².